The van der Waals surface area contributed by atoms with Gasteiger partial charge in [-0.2, -0.15) is 0 Å². The van der Waals surface area contributed by atoms with Crippen molar-refractivity contribution >= 4 is 28.5 Å². The summed E-state index contributed by atoms with van der Waals surface area (Å²) < 4.78 is 5.54. The van der Waals surface area contributed by atoms with Crippen LogP contribution in [0.25, 0.3) is 11.1 Å². The van der Waals surface area contributed by atoms with E-state index in [1.807, 2.05) is 6.07 Å². The van der Waals surface area contributed by atoms with Gasteiger partial charge in [0.15, 0.2) is 10.7 Å². The Labute approximate surface area is 101 Å². The summed E-state index contributed by atoms with van der Waals surface area (Å²) in [5.41, 5.74) is 7.77. The molecule has 0 radical (unpaired) electrons. The first-order chi connectivity index (χ1) is 8.31. The molecule has 0 fully saturated rings. The van der Waals surface area contributed by atoms with E-state index in [0.717, 1.165) is 5.52 Å². The van der Waals surface area contributed by atoms with Gasteiger partial charge in [0.25, 0.3) is 5.22 Å². The zero-order valence-electron chi connectivity index (χ0n) is 8.70. The van der Waals surface area contributed by atoms with E-state index in [-0.39, 0.29) is 0 Å². The number of benzene rings is 1. The van der Waals surface area contributed by atoms with Gasteiger partial charge >= 0.3 is 0 Å². The maximum atomic E-state index is 5.67. The molecule has 0 bridgehead atoms. The monoisotopic (exact) mass is 244 g/mol. The number of nitrogen functional groups attached to an aromatic ring is 1. The number of hydrogen-bond acceptors (Lipinski definition) is 6. The molecule has 3 aromatic rings. The lowest BCUT2D eigenvalue weighted by Gasteiger charge is -1.91. The largest absolute Gasteiger partial charge is 0.431 e. The predicted molar refractivity (Wildman–Crippen MR) is 64.6 cm³/mol. The van der Waals surface area contributed by atoms with E-state index in [1.54, 1.807) is 30.6 Å². The van der Waals surface area contributed by atoms with Crippen molar-refractivity contribution < 1.29 is 4.42 Å². The van der Waals surface area contributed by atoms with E-state index in [0.29, 0.717) is 21.6 Å². The van der Waals surface area contributed by atoms with Crippen LogP contribution in [0.1, 0.15) is 0 Å². The van der Waals surface area contributed by atoms with Crippen LogP contribution in [-0.4, -0.2) is 15.0 Å². The summed E-state index contributed by atoms with van der Waals surface area (Å²) >= 11 is 1.28. The lowest BCUT2D eigenvalue weighted by atomic mass is 10.3. The Hall–Kier alpha value is -2.08. The minimum atomic E-state index is 0.511. The van der Waals surface area contributed by atoms with Gasteiger partial charge < -0.3 is 10.2 Å². The van der Waals surface area contributed by atoms with Crippen molar-refractivity contribution in [3.8, 4) is 0 Å². The Bertz CT molecular complexity index is 653. The minimum absolute atomic E-state index is 0.511. The molecule has 0 amide bonds. The zero-order chi connectivity index (χ0) is 11.7. The molecule has 0 unspecified atom stereocenters. The van der Waals surface area contributed by atoms with Gasteiger partial charge in [0.1, 0.15) is 5.52 Å². The molecular weight excluding hydrogens is 236 g/mol. The SMILES string of the molecule is Nc1ccc2nc(Sc3ncccn3)oc2c1. The van der Waals surface area contributed by atoms with Crippen molar-refractivity contribution in [1.82, 2.24) is 15.0 Å². The molecule has 2 N–H and O–H groups in total. The highest BCUT2D eigenvalue weighted by Gasteiger charge is 2.08. The number of oxazole rings is 1. The van der Waals surface area contributed by atoms with Crippen LogP contribution in [0.15, 0.2) is 51.5 Å². The van der Waals surface area contributed by atoms with E-state index in [2.05, 4.69) is 15.0 Å². The highest BCUT2D eigenvalue weighted by Crippen LogP contribution is 2.27. The average Bonchev–Trinajstić information content (AvgIpc) is 2.71. The van der Waals surface area contributed by atoms with Gasteiger partial charge in [-0.1, -0.05) is 0 Å². The van der Waals surface area contributed by atoms with Crippen LogP contribution >= 0.6 is 11.8 Å². The maximum absolute atomic E-state index is 5.67. The Balaban J connectivity index is 1.96. The third kappa shape index (κ3) is 2.07. The quantitative estimate of drug-likeness (QED) is 0.550. The van der Waals surface area contributed by atoms with Crippen molar-refractivity contribution in [3.63, 3.8) is 0 Å². The molecule has 0 spiro atoms. The molecule has 0 saturated carbocycles. The number of nitrogens with zero attached hydrogens (tertiary/aromatic N) is 3. The molecule has 2 heterocycles. The molecular formula is C11H8N4OS. The molecule has 2 aromatic heterocycles. The van der Waals surface area contributed by atoms with E-state index < -0.39 is 0 Å². The highest BCUT2D eigenvalue weighted by atomic mass is 32.2. The molecule has 5 nitrogen and oxygen atoms in total. The van der Waals surface area contributed by atoms with Gasteiger partial charge in [0.2, 0.25) is 0 Å². The van der Waals surface area contributed by atoms with Crippen molar-refractivity contribution in [2.75, 3.05) is 5.73 Å². The summed E-state index contributed by atoms with van der Waals surface area (Å²) in [7, 11) is 0. The van der Waals surface area contributed by atoms with Gasteiger partial charge in [-0.05, 0) is 18.2 Å². The summed E-state index contributed by atoms with van der Waals surface area (Å²) in [5.74, 6) is 0. The van der Waals surface area contributed by atoms with Crippen molar-refractivity contribution in [1.29, 1.82) is 0 Å². The van der Waals surface area contributed by atoms with Crippen LogP contribution < -0.4 is 5.73 Å². The number of fused-ring (bicyclic) bond motifs is 1. The second-order valence-corrected chi connectivity index (χ2v) is 4.26. The summed E-state index contributed by atoms with van der Waals surface area (Å²) in [4.78, 5) is 12.5. The third-order valence-corrected chi connectivity index (χ3v) is 2.86. The number of hydrogen-bond donors (Lipinski definition) is 1. The molecule has 6 heteroatoms. The third-order valence-electron chi connectivity index (χ3n) is 2.11. The smallest absolute Gasteiger partial charge is 0.264 e. The Kier molecular flexibility index (Phi) is 2.41. The van der Waals surface area contributed by atoms with E-state index >= 15 is 0 Å². The minimum Gasteiger partial charge on any atom is -0.431 e. The number of anilines is 1. The molecule has 0 aliphatic rings. The molecule has 3 rings (SSSR count). The lowest BCUT2D eigenvalue weighted by molar-refractivity contribution is 0.489. The van der Waals surface area contributed by atoms with Gasteiger partial charge in [-0.15, -0.1) is 0 Å². The van der Waals surface area contributed by atoms with E-state index in [1.165, 1.54) is 11.8 Å². The number of rotatable bonds is 2. The maximum Gasteiger partial charge on any atom is 0.264 e. The van der Waals surface area contributed by atoms with Crippen LogP contribution in [0, 0.1) is 0 Å². The fourth-order valence-electron chi connectivity index (χ4n) is 1.38. The van der Waals surface area contributed by atoms with Crippen LogP contribution in [-0.2, 0) is 0 Å². The fourth-order valence-corrected chi connectivity index (χ4v) is 2.04. The molecule has 0 aliphatic heterocycles. The van der Waals surface area contributed by atoms with E-state index in [9.17, 15) is 0 Å². The molecule has 1 aromatic carbocycles. The summed E-state index contributed by atoms with van der Waals surface area (Å²) in [5, 5.41) is 1.11. The standard InChI is InChI=1S/C11H8N4OS/c12-7-2-3-8-9(6-7)16-11(15-8)17-10-13-4-1-5-14-10/h1-6H,12H2. The summed E-state index contributed by atoms with van der Waals surface area (Å²) in [6.07, 6.45) is 3.35. The first-order valence-electron chi connectivity index (χ1n) is 4.92. The Morgan fingerprint density at radius 3 is 2.82 bits per heavy atom. The zero-order valence-corrected chi connectivity index (χ0v) is 9.52. The molecule has 17 heavy (non-hydrogen) atoms. The van der Waals surface area contributed by atoms with Crippen molar-refractivity contribution in [2.24, 2.45) is 0 Å². The second-order valence-electron chi connectivity index (χ2n) is 3.34. The number of aromatic nitrogens is 3. The second kappa shape index (κ2) is 4.06. The normalized spacial score (nSPS) is 10.8. The molecule has 0 saturated heterocycles. The van der Waals surface area contributed by atoms with Gasteiger partial charge in [0.05, 0.1) is 0 Å². The topological polar surface area (TPSA) is 77.8 Å². The van der Waals surface area contributed by atoms with Crippen molar-refractivity contribution in [2.45, 2.75) is 10.4 Å². The first kappa shape index (κ1) is 10.1. The van der Waals surface area contributed by atoms with Crippen LogP contribution in [0.4, 0.5) is 5.69 Å². The highest BCUT2D eigenvalue weighted by molar-refractivity contribution is 7.98. The summed E-state index contributed by atoms with van der Waals surface area (Å²) in [6.45, 7) is 0. The van der Waals surface area contributed by atoms with Gasteiger partial charge in [-0.3, -0.25) is 0 Å². The Morgan fingerprint density at radius 2 is 2.00 bits per heavy atom. The van der Waals surface area contributed by atoms with Gasteiger partial charge in [-0.25, -0.2) is 15.0 Å². The van der Waals surface area contributed by atoms with Gasteiger partial charge in [0, 0.05) is 35.9 Å². The Morgan fingerprint density at radius 1 is 1.18 bits per heavy atom. The van der Waals surface area contributed by atoms with Crippen LogP contribution in [0.5, 0.6) is 0 Å². The van der Waals surface area contributed by atoms with Crippen LogP contribution in [0.3, 0.4) is 0 Å². The molecule has 84 valence electrons. The average molecular weight is 244 g/mol. The molecule has 0 atom stereocenters. The lowest BCUT2D eigenvalue weighted by Crippen LogP contribution is -1.82. The van der Waals surface area contributed by atoms with Crippen LogP contribution in [0.2, 0.25) is 0 Å². The van der Waals surface area contributed by atoms with E-state index in [4.69, 9.17) is 10.2 Å². The molecule has 0 aliphatic carbocycles. The number of nitrogens with two attached hydrogens (primary N) is 1. The fraction of sp³-hybridized carbons (Fsp3) is 0. The summed E-state index contributed by atoms with van der Waals surface area (Å²) in [6, 6.07) is 7.12. The predicted octanol–water partition coefficient (Wildman–Crippen LogP) is 2.35. The van der Waals surface area contributed by atoms with Crippen molar-refractivity contribution in [3.05, 3.63) is 36.7 Å². The first-order valence-corrected chi connectivity index (χ1v) is 5.74.